The van der Waals surface area contributed by atoms with Crippen LogP contribution in [0, 0.1) is 13.8 Å². The molecule has 0 aromatic heterocycles. The van der Waals surface area contributed by atoms with E-state index in [4.69, 9.17) is 42.6 Å². The van der Waals surface area contributed by atoms with E-state index in [1.807, 2.05) is 48.5 Å². The predicted octanol–water partition coefficient (Wildman–Crippen LogP) is 9.26. The number of benzene rings is 6. The Balaban J connectivity index is 0.940. The Kier molecular flexibility index (Phi) is 21.1. The van der Waals surface area contributed by atoms with Crippen molar-refractivity contribution >= 4 is 51.4 Å². The van der Waals surface area contributed by atoms with E-state index in [2.05, 4.69) is 95.0 Å². The van der Waals surface area contributed by atoms with Crippen LogP contribution >= 0.6 is 0 Å². The van der Waals surface area contributed by atoms with Crippen LogP contribution in [0.3, 0.4) is 0 Å². The molecule has 2 amide bonds. The standard InChI is InChI=1S/C64H77N5O11/c1-5-49-11-13-51(14-12-49)46-77-34-29-69-63(70)53-8-6-7-52-55(17-16-54(62(52)53)64(69)71)65-22-21-50-15-20-58(61(45-50)80-42-37-72-4)68-27-35-78-59-43-47(2)9-18-56(59)66-23-30-73-38-40-75-32-25-67(26-33-76-41-39-74-31-24-66)57-19-10-48(3)44-60(57)79-36-28-68/h5-20,43-45,65H,1,21-42,46H2,2-4H3. The largest absolute Gasteiger partial charge is 0.490 e. The monoisotopic (exact) mass is 1090 g/mol. The van der Waals surface area contributed by atoms with Crippen LogP contribution in [0.25, 0.3) is 16.8 Å². The first kappa shape index (κ1) is 57.5. The molecule has 0 unspecified atom stereocenters. The molecule has 4 aliphatic rings. The number of anilines is 4. The molecule has 6 aromatic carbocycles. The van der Waals surface area contributed by atoms with E-state index >= 15 is 0 Å². The molecule has 16 nitrogen and oxygen atoms in total. The number of fused-ring (bicyclic) bond motifs is 20. The number of carbonyl (C=O) groups is 2. The fourth-order valence-electron chi connectivity index (χ4n) is 10.2. The minimum absolute atomic E-state index is 0.147. The summed E-state index contributed by atoms with van der Waals surface area (Å²) in [5.41, 5.74) is 9.95. The topological polar surface area (TPSA) is 142 Å². The summed E-state index contributed by atoms with van der Waals surface area (Å²) < 4.78 is 56.0. The molecule has 1 fully saturated rings. The third kappa shape index (κ3) is 15.2. The lowest BCUT2D eigenvalue weighted by Crippen LogP contribution is -2.42. The summed E-state index contributed by atoms with van der Waals surface area (Å²) >= 11 is 0. The molecule has 0 spiro atoms. The second-order valence-electron chi connectivity index (χ2n) is 20.0. The molecule has 424 valence electrons. The average Bonchev–Trinajstić information content (AvgIpc) is 3.53. The molecule has 10 rings (SSSR count). The van der Waals surface area contributed by atoms with Gasteiger partial charge in [-0.3, -0.25) is 14.5 Å². The van der Waals surface area contributed by atoms with Crippen LogP contribution in [-0.2, 0) is 41.4 Å². The van der Waals surface area contributed by atoms with Gasteiger partial charge in [0, 0.05) is 67.4 Å². The zero-order chi connectivity index (χ0) is 55.5. The van der Waals surface area contributed by atoms with Gasteiger partial charge in [-0.1, -0.05) is 67.3 Å². The van der Waals surface area contributed by atoms with Crippen molar-refractivity contribution in [2.75, 3.05) is 165 Å². The number of imide groups is 1. The van der Waals surface area contributed by atoms with Crippen molar-refractivity contribution in [2.24, 2.45) is 0 Å². The summed E-state index contributed by atoms with van der Waals surface area (Å²) in [6, 6.07) is 36.3. The summed E-state index contributed by atoms with van der Waals surface area (Å²) in [4.78, 5) is 35.9. The van der Waals surface area contributed by atoms with E-state index in [1.54, 1.807) is 19.3 Å². The first-order valence-electron chi connectivity index (χ1n) is 28.0. The van der Waals surface area contributed by atoms with Crippen molar-refractivity contribution in [1.82, 2.24) is 4.90 Å². The van der Waals surface area contributed by atoms with Crippen LogP contribution in [0.15, 0.2) is 116 Å². The maximum absolute atomic E-state index is 13.9. The van der Waals surface area contributed by atoms with E-state index in [0.29, 0.717) is 155 Å². The number of aryl methyl sites for hydroxylation is 2. The molecule has 0 atom stereocenters. The molecule has 80 heavy (non-hydrogen) atoms. The zero-order valence-electron chi connectivity index (χ0n) is 46.7. The van der Waals surface area contributed by atoms with Crippen molar-refractivity contribution in [3.05, 3.63) is 155 Å². The first-order chi connectivity index (χ1) is 39.3. The second-order valence-corrected chi connectivity index (χ2v) is 20.0. The summed E-state index contributed by atoms with van der Waals surface area (Å²) in [7, 11) is 1.67. The van der Waals surface area contributed by atoms with Crippen LogP contribution in [0.5, 0.6) is 17.2 Å². The lowest BCUT2D eigenvalue weighted by Gasteiger charge is -2.30. The second kappa shape index (κ2) is 29.3. The summed E-state index contributed by atoms with van der Waals surface area (Å²) in [5.74, 6) is 1.63. The Bertz CT molecular complexity index is 2890. The Labute approximate surface area is 471 Å². The van der Waals surface area contributed by atoms with Gasteiger partial charge in [0.1, 0.15) is 37.1 Å². The highest BCUT2D eigenvalue weighted by Gasteiger charge is 2.33. The van der Waals surface area contributed by atoms with E-state index in [9.17, 15) is 9.59 Å². The van der Waals surface area contributed by atoms with E-state index in [1.165, 1.54) is 4.90 Å². The molecule has 16 heteroatoms. The number of hydrogen-bond donors (Lipinski definition) is 1. The highest BCUT2D eigenvalue weighted by molar-refractivity contribution is 6.26. The number of carbonyl (C=O) groups excluding carboxylic acids is 2. The Hall–Kier alpha value is -7.18. The summed E-state index contributed by atoms with van der Waals surface area (Å²) in [6.07, 6.45) is 2.45. The highest BCUT2D eigenvalue weighted by atomic mass is 16.5. The van der Waals surface area contributed by atoms with Gasteiger partial charge < -0.3 is 62.6 Å². The molecule has 6 aromatic rings. The van der Waals surface area contributed by atoms with Crippen molar-refractivity contribution in [3.63, 3.8) is 0 Å². The molecule has 1 N–H and O–H groups in total. The van der Waals surface area contributed by atoms with E-state index in [-0.39, 0.29) is 25.0 Å². The Morgan fingerprint density at radius 3 is 1.71 bits per heavy atom. The smallest absolute Gasteiger partial charge is 0.261 e. The fraction of sp³-hybridized carbons (Fsp3) is 0.406. The van der Waals surface area contributed by atoms with Crippen molar-refractivity contribution < 1.29 is 52.2 Å². The van der Waals surface area contributed by atoms with Gasteiger partial charge >= 0.3 is 0 Å². The third-order valence-corrected chi connectivity index (χ3v) is 14.5. The predicted molar refractivity (Wildman–Crippen MR) is 315 cm³/mol. The maximum atomic E-state index is 13.9. The minimum Gasteiger partial charge on any atom is -0.490 e. The van der Waals surface area contributed by atoms with Gasteiger partial charge in [0.05, 0.1) is 109 Å². The molecule has 4 aliphatic heterocycles. The number of nitrogens with one attached hydrogen (secondary N) is 1. The summed E-state index contributed by atoms with van der Waals surface area (Å²) in [5, 5.41) is 5.10. The number of hydrogen-bond acceptors (Lipinski definition) is 15. The van der Waals surface area contributed by atoms with Gasteiger partial charge in [-0.05, 0) is 103 Å². The first-order valence-corrected chi connectivity index (χ1v) is 28.0. The molecule has 1 saturated heterocycles. The van der Waals surface area contributed by atoms with E-state index < -0.39 is 0 Å². The van der Waals surface area contributed by atoms with Gasteiger partial charge in [-0.15, -0.1) is 0 Å². The Morgan fingerprint density at radius 2 is 1.12 bits per heavy atom. The SMILES string of the molecule is C=Cc1ccc(COCCN2C(=O)c3cccc4c(NCCc5ccc(N6CCOc7cc(C)ccc7N7CCOCCOCCN(CCOCCOCC7)c7ccc(C)cc7OCC6)c(OCCOC)c5)ccc(c34)C2=O)cc1. The normalized spacial score (nSPS) is 16.3. The number of nitrogens with zero attached hydrogens (tertiary/aromatic N) is 4. The van der Waals surface area contributed by atoms with Gasteiger partial charge in [0.15, 0.2) is 0 Å². The summed E-state index contributed by atoms with van der Waals surface area (Å²) in [6.45, 7) is 18.4. The molecule has 0 saturated carbocycles. The number of rotatable bonds is 15. The van der Waals surface area contributed by atoms with Crippen molar-refractivity contribution in [1.29, 1.82) is 0 Å². The average molecular weight is 1090 g/mol. The van der Waals surface area contributed by atoms with E-state index in [0.717, 1.165) is 73.2 Å². The molecule has 2 bridgehead atoms. The quantitative estimate of drug-likeness (QED) is 0.0593. The fourth-order valence-corrected chi connectivity index (χ4v) is 10.2. The Morgan fingerprint density at radius 1 is 0.575 bits per heavy atom. The van der Waals surface area contributed by atoms with Gasteiger partial charge in [0.25, 0.3) is 11.8 Å². The minimum atomic E-state index is -0.327. The third-order valence-electron chi connectivity index (χ3n) is 14.5. The van der Waals surface area contributed by atoms with Gasteiger partial charge in [-0.2, -0.15) is 0 Å². The molecule has 0 aliphatic carbocycles. The number of ether oxygens (including phenoxy) is 9. The molecule has 4 heterocycles. The molecular weight excluding hydrogens is 1010 g/mol. The van der Waals surface area contributed by atoms with Crippen LogP contribution in [-0.4, -0.2) is 162 Å². The number of amides is 2. The van der Waals surface area contributed by atoms with Crippen LogP contribution in [0.1, 0.15) is 48.5 Å². The van der Waals surface area contributed by atoms with Crippen molar-refractivity contribution in [2.45, 2.75) is 26.9 Å². The van der Waals surface area contributed by atoms with Crippen LogP contribution in [0.4, 0.5) is 22.7 Å². The van der Waals surface area contributed by atoms with Gasteiger partial charge in [-0.25, -0.2) is 0 Å². The lowest BCUT2D eigenvalue weighted by molar-refractivity contribution is 0.0435. The molecule has 0 radical (unpaired) electrons. The van der Waals surface area contributed by atoms with Gasteiger partial charge in [0.2, 0.25) is 0 Å². The molecular formula is C64H77N5O11. The van der Waals surface area contributed by atoms with Crippen LogP contribution in [0.2, 0.25) is 0 Å². The van der Waals surface area contributed by atoms with Crippen LogP contribution < -0.4 is 34.2 Å². The maximum Gasteiger partial charge on any atom is 0.261 e. The number of methoxy groups -OCH3 is 1. The lowest BCUT2D eigenvalue weighted by atomic mass is 9.93. The zero-order valence-corrected chi connectivity index (χ0v) is 46.7. The highest BCUT2D eigenvalue weighted by Crippen LogP contribution is 2.37. The van der Waals surface area contributed by atoms with Crippen molar-refractivity contribution in [3.8, 4) is 17.2 Å².